The number of β-amino-alcohol motifs (C(OH)–C–C–N with tert-alkyl or cyclic N) is 1. The van der Waals surface area contributed by atoms with E-state index in [0.29, 0.717) is 0 Å². The second-order valence-electron chi connectivity index (χ2n) is 5.36. The summed E-state index contributed by atoms with van der Waals surface area (Å²) in [7, 11) is 0. The molecular weight excluding hydrogens is 260 g/mol. The number of carbonyl (C=O) groups is 2. The zero-order valence-corrected chi connectivity index (χ0v) is 10.4. The summed E-state index contributed by atoms with van der Waals surface area (Å²) < 4.78 is 26.1. The Hall–Kier alpha value is -1.24. The van der Waals surface area contributed by atoms with Gasteiger partial charge < -0.3 is 15.1 Å². The van der Waals surface area contributed by atoms with Crippen molar-refractivity contribution >= 4 is 11.9 Å². The van der Waals surface area contributed by atoms with Crippen LogP contribution in [0.25, 0.3) is 0 Å². The second-order valence-corrected chi connectivity index (χ2v) is 5.36. The molecule has 0 aromatic rings. The molecule has 1 saturated heterocycles. The first-order chi connectivity index (χ1) is 8.80. The van der Waals surface area contributed by atoms with E-state index in [9.17, 15) is 23.5 Å². The highest BCUT2D eigenvalue weighted by molar-refractivity contribution is 5.86. The van der Waals surface area contributed by atoms with Crippen LogP contribution >= 0.6 is 0 Å². The number of hydrogen-bond donors (Lipinski definition) is 2. The lowest BCUT2D eigenvalue weighted by Gasteiger charge is -2.31. The predicted octanol–water partition coefficient (Wildman–Crippen LogP) is 0.858. The van der Waals surface area contributed by atoms with Crippen LogP contribution in [0.3, 0.4) is 0 Å². The standard InChI is InChI=1S/C12H17F2NO4/c13-12(14)3-1-7(2-4-12)10(17)15-6-8(16)5-9(15)11(18)19/h7-9,16H,1-6H2,(H,18,19)/t8-,9-/m0/s1. The number of likely N-dealkylation sites (tertiary alicyclic amines) is 1. The van der Waals surface area contributed by atoms with E-state index in [2.05, 4.69) is 0 Å². The second kappa shape index (κ2) is 5.03. The molecule has 2 rings (SSSR count). The summed E-state index contributed by atoms with van der Waals surface area (Å²) in [6.45, 7) is -0.0251. The Morgan fingerprint density at radius 1 is 1.21 bits per heavy atom. The lowest BCUT2D eigenvalue weighted by molar-refractivity contribution is -0.151. The Morgan fingerprint density at radius 2 is 1.79 bits per heavy atom. The molecule has 0 spiro atoms. The monoisotopic (exact) mass is 277 g/mol. The van der Waals surface area contributed by atoms with Gasteiger partial charge in [0, 0.05) is 31.7 Å². The zero-order chi connectivity index (χ0) is 14.2. The van der Waals surface area contributed by atoms with Gasteiger partial charge in [0.1, 0.15) is 6.04 Å². The molecule has 0 aromatic carbocycles. The van der Waals surface area contributed by atoms with Crippen molar-refractivity contribution in [2.75, 3.05) is 6.54 Å². The SMILES string of the molecule is O=C(O)[C@@H]1C[C@H](O)CN1C(=O)C1CCC(F)(F)CC1. The average Bonchev–Trinajstić information content (AvgIpc) is 2.70. The van der Waals surface area contributed by atoms with E-state index >= 15 is 0 Å². The normalized spacial score (nSPS) is 31.4. The number of hydrogen-bond acceptors (Lipinski definition) is 3. The summed E-state index contributed by atoms with van der Waals surface area (Å²) in [4.78, 5) is 24.3. The molecule has 108 valence electrons. The van der Waals surface area contributed by atoms with Crippen molar-refractivity contribution in [1.82, 2.24) is 4.90 Å². The number of aliphatic hydroxyl groups excluding tert-OH is 1. The van der Waals surface area contributed by atoms with E-state index in [1.54, 1.807) is 0 Å². The van der Waals surface area contributed by atoms with Crippen LogP contribution in [0.4, 0.5) is 8.78 Å². The van der Waals surface area contributed by atoms with Crippen LogP contribution in [0, 0.1) is 5.92 Å². The minimum Gasteiger partial charge on any atom is -0.480 e. The first kappa shape index (κ1) is 14.2. The number of carbonyl (C=O) groups excluding carboxylic acids is 1. The average molecular weight is 277 g/mol. The quantitative estimate of drug-likeness (QED) is 0.784. The summed E-state index contributed by atoms with van der Waals surface area (Å²) >= 11 is 0. The molecule has 7 heteroatoms. The molecule has 1 aliphatic carbocycles. The maximum Gasteiger partial charge on any atom is 0.326 e. The van der Waals surface area contributed by atoms with E-state index in [1.165, 1.54) is 0 Å². The van der Waals surface area contributed by atoms with Gasteiger partial charge in [0.2, 0.25) is 11.8 Å². The van der Waals surface area contributed by atoms with E-state index in [0.717, 1.165) is 4.90 Å². The molecule has 0 unspecified atom stereocenters. The number of nitrogens with zero attached hydrogens (tertiary/aromatic N) is 1. The fourth-order valence-corrected chi connectivity index (χ4v) is 2.81. The minimum absolute atomic E-state index is 0.00392. The van der Waals surface area contributed by atoms with E-state index in [-0.39, 0.29) is 38.6 Å². The number of alkyl halides is 2. The van der Waals surface area contributed by atoms with Crippen LogP contribution in [0.2, 0.25) is 0 Å². The van der Waals surface area contributed by atoms with Crippen LogP contribution in [0.5, 0.6) is 0 Å². The molecule has 1 aliphatic heterocycles. The molecule has 1 heterocycles. The molecule has 2 fully saturated rings. The highest BCUT2D eigenvalue weighted by atomic mass is 19.3. The van der Waals surface area contributed by atoms with Gasteiger partial charge in [-0.15, -0.1) is 0 Å². The van der Waals surface area contributed by atoms with Gasteiger partial charge in [-0.25, -0.2) is 13.6 Å². The van der Waals surface area contributed by atoms with Crippen molar-refractivity contribution in [3.63, 3.8) is 0 Å². The number of aliphatic carboxylic acids is 1. The number of aliphatic hydroxyl groups is 1. The smallest absolute Gasteiger partial charge is 0.326 e. The van der Waals surface area contributed by atoms with Crippen molar-refractivity contribution in [2.24, 2.45) is 5.92 Å². The summed E-state index contributed by atoms with van der Waals surface area (Å²) in [5.41, 5.74) is 0. The fourth-order valence-electron chi connectivity index (χ4n) is 2.81. The molecule has 2 aliphatic rings. The molecule has 0 aromatic heterocycles. The first-order valence-electron chi connectivity index (χ1n) is 6.39. The van der Waals surface area contributed by atoms with Gasteiger partial charge in [0.05, 0.1) is 6.10 Å². The highest BCUT2D eigenvalue weighted by Crippen LogP contribution is 2.37. The third kappa shape index (κ3) is 3.02. The van der Waals surface area contributed by atoms with Crippen LogP contribution in [-0.4, -0.2) is 51.6 Å². The third-order valence-corrected chi connectivity index (χ3v) is 3.91. The van der Waals surface area contributed by atoms with E-state index < -0.39 is 35.9 Å². The first-order valence-corrected chi connectivity index (χ1v) is 6.39. The molecule has 19 heavy (non-hydrogen) atoms. The van der Waals surface area contributed by atoms with E-state index in [1.807, 2.05) is 0 Å². The number of carboxylic acids is 1. The third-order valence-electron chi connectivity index (χ3n) is 3.91. The Bertz CT molecular complexity index is 378. The van der Waals surface area contributed by atoms with Crippen LogP contribution in [0.15, 0.2) is 0 Å². The molecule has 1 saturated carbocycles. The fraction of sp³-hybridized carbons (Fsp3) is 0.833. The van der Waals surface area contributed by atoms with E-state index in [4.69, 9.17) is 5.11 Å². The lowest BCUT2D eigenvalue weighted by Crippen LogP contribution is -2.45. The molecular formula is C12H17F2NO4. The van der Waals surface area contributed by atoms with Crippen molar-refractivity contribution in [3.05, 3.63) is 0 Å². The minimum atomic E-state index is -2.71. The van der Waals surface area contributed by atoms with Gasteiger partial charge in [0.15, 0.2) is 0 Å². The summed E-state index contributed by atoms with van der Waals surface area (Å²) in [5, 5.41) is 18.5. The lowest BCUT2D eigenvalue weighted by atomic mass is 9.86. The molecule has 5 nitrogen and oxygen atoms in total. The van der Waals surface area contributed by atoms with Crippen LogP contribution < -0.4 is 0 Å². The van der Waals surface area contributed by atoms with Gasteiger partial charge >= 0.3 is 5.97 Å². The molecule has 1 amide bonds. The molecule has 0 radical (unpaired) electrons. The van der Waals surface area contributed by atoms with Gasteiger partial charge in [-0.3, -0.25) is 4.79 Å². The van der Waals surface area contributed by atoms with Gasteiger partial charge in [0.25, 0.3) is 0 Å². The summed E-state index contributed by atoms with van der Waals surface area (Å²) in [6.07, 6.45) is -1.37. The van der Waals surface area contributed by atoms with Crippen molar-refractivity contribution < 1.29 is 28.6 Å². The van der Waals surface area contributed by atoms with Crippen molar-refractivity contribution in [1.29, 1.82) is 0 Å². The van der Waals surface area contributed by atoms with Crippen LogP contribution in [-0.2, 0) is 9.59 Å². The predicted molar refractivity (Wildman–Crippen MR) is 60.7 cm³/mol. The Kier molecular flexibility index (Phi) is 3.75. The number of rotatable bonds is 2. The highest BCUT2D eigenvalue weighted by Gasteiger charge is 2.44. The van der Waals surface area contributed by atoms with Gasteiger partial charge in [-0.05, 0) is 12.8 Å². The molecule has 0 bridgehead atoms. The Morgan fingerprint density at radius 3 is 2.32 bits per heavy atom. The van der Waals surface area contributed by atoms with Crippen molar-refractivity contribution in [2.45, 2.75) is 50.2 Å². The van der Waals surface area contributed by atoms with Crippen LogP contribution in [0.1, 0.15) is 32.1 Å². The Labute approximate surface area is 109 Å². The Balaban J connectivity index is 2.01. The number of halogens is 2. The summed E-state index contributed by atoms with van der Waals surface area (Å²) in [6, 6.07) is -1.04. The van der Waals surface area contributed by atoms with Gasteiger partial charge in [-0.2, -0.15) is 0 Å². The zero-order valence-electron chi connectivity index (χ0n) is 10.4. The number of amides is 1. The maximum atomic E-state index is 13.0. The van der Waals surface area contributed by atoms with Gasteiger partial charge in [-0.1, -0.05) is 0 Å². The topological polar surface area (TPSA) is 77.8 Å². The molecule has 2 atom stereocenters. The maximum absolute atomic E-state index is 13.0. The largest absolute Gasteiger partial charge is 0.480 e. The number of carboxylic acid groups (broad SMARTS) is 1. The summed E-state index contributed by atoms with van der Waals surface area (Å²) in [5.74, 6) is -4.84. The molecule has 2 N–H and O–H groups in total. The van der Waals surface area contributed by atoms with Crippen molar-refractivity contribution in [3.8, 4) is 0 Å².